The molecule has 0 amide bonds. The van der Waals surface area contributed by atoms with Gasteiger partial charge < -0.3 is 4.74 Å². The summed E-state index contributed by atoms with van der Waals surface area (Å²) < 4.78 is 33.1. The molecule has 2 heterocycles. The number of ether oxygens (including phenoxy) is 1. The lowest BCUT2D eigenvalue weighted by molar-refractivity contribution is 0.101. The van der Waals surface area contributed by atoms with Crippen molar-refractivity contribution in [2.24, 2.45) is 0 Å². The monoisotopic (exact) mass is 450 g/mol. The fourth-order valence-corrected chi connectivity index (χ4v) is 6.16. The highest BCUT2D eigenvalue weighted by Gasteiger charge is 2.41. The number of piperidine rings is 1. The third kappa shape index (κ3) is 4.14. The molecule has 0 N–H and O–H groups in total. The number of hydrogen-bond donors (Lipinski definition) is 0. The van der Waals surface area contributed by atoms with Crippen LogP contribution < -0.4 is 4.74 Å². The molecule has 2 aliphatic rings. The molecule has 1 saturated carbocycles. The van der Waals surface area contributed by atoms with Gasteiger partial charge in [-0.25, -0.2) is 12.7 Å². The predicted octanol–water partition coefficient (Wildman–Crippen LogP) is 4.44. The first kappa shape index (κ1) is 21.1. The van der Waals surface area contributed by atoms with Gasteiger partial charge in [-0.2, -0.15) is 0 Å². The molecule has 6 nitrogen and oxygen atoms in total. The summed E-state index contributed by atoms with van der Waals surface area (Å²) in [5.74, 6) is 0.796. The Morgan fingerprint density at radius 3 is 2.38 bits per heavy atom. The zero-order valence-corrected chi connectivity index (χ0v) is 18.8. The Morgan fingerprint density at radius 1 is 1.00 bits per heavy atom. The number of hydrogen-bond acceptors (Lipinski definition) is 5. The van der Waals surface area contributed by atoms with Crippen LogP contribution in [0.4, 0.5) is 0 Å². The highest BCUT2D eigenvalue weighted by molar-refractivity contribution is 7.90. The van der Waals surface area contributed by atoms with Crippen molar-refractivity contribution in [2.45, 2.75) is 44.0 Å². The van der Waals surface area contributed by atoms with Crippen molar-refractivity contribution >= 4 is 26.6 Å². The van der Waals surface area contributed by atoms with Crippen LogP contribution in [0.5, 0.6) is 5.75 Å². The first-order chi connectivity index (χ1) is 15.4. The van der Waals surface area contributed by atoms with Crippen molar-refractivity contribution in [3.8, 4) is 16.9 Å². The van der Waals surface area contributed by atoms with Gasteiger partial charge in [0.2, 0.25) is 10.0 Å². The molecule has 0 radical (unpaired) electrons. The molecule has 32 heavy (non-hydrogen) atoms. The molecule has 166 valence electrons. The molecule has 2 aromatic carbocycles. The second kappa shape index (κ2) is 8.30. The van der Waals surface area contributed by atoms with E-state index in [0.717, 1.165) is 40.5 Å². The lowest BCUT2D eigenvalue weighted by Gasteiger charge is -2.31. The summed E-state index contributed by atoms with van der Waals surface area (Å²) in [5, 5.41) is 1.79. The van der Waals surface area contributed by atoms with Crippen molar-refractivity contribution in [3.63, 3.8) is 0 Å². The van der Waals surface area contributed by atoms with Gasteiger partial charge in [-0.05, 0) is 67.3 Å². The minimum absolute atomic E-state index is 0.0419. The lowest BCUT2D eigenvalue weighted by atomic mass is 9.99. The largest absolute Gasteiger partial charge is 0.490 e. The average Bonchev–Trinajstić information content (AvgIpc) is 3.66. The zero-order chi connectivity index (χ0) is 22.3. The van der Waals surface area contributed by atoms with E-state index in [-0.39, 0.29) is 17.1 Å². The number of carbonyl (C=O) groups excluding carboxylic acids is 1. The molecular formula is C25H26N2O4S. The molecule has 1 aliphatic heterocycles. The van der Waals surface area contributed by atoms with E-state index in [1.54, 1.807) is 23.6 Å². The number of benzene rings is 2. The summed E-state index contributed by atoms with van der Waals surface area (Å²) in [7, 11) is -3.13. The van der Waals surface area contributed by atoms with Crippen molar-refractivity contribution in [2.75, 3.05) is 13.1 Å². The van der Waals surface area contributed by atoms with Crippen LogP contribution in [0.3, 0.4) is 0 Å². The Morgan fingerprint density at radius 2 is 1.72 bits per heavy atom. The number of ketones is 1. The van der Waals surface area contributed by atoms with Gasteiger partial charge in [0.1, 0.15) is 11.9 Å². The number of sulfonamides is 1. The Labute approximate surface area is 188 Å². The molecule has 0 atom stereocenters. The molecular weight excluding hydrogens is 424 g/mol. The fraction of sp³-hybridized carbons (Fsp3) is 0.360. The molecule has 7 heteroatoms. The first-order valence-electron chi connectivity index (χ1n) is 11.1. The minimum atomic E-state index is -3.13. The maximum Gasteiger partial charge on any atom is 0.216 e. The molecule has 0 bridgehead atoms. The number of rotatable bonds is 6. The topological polar surface area (TPSA) is 76.6 Å². The minimum Gasteiger partial charge on any atom is -0.490 e. The molecule has 2 fully saturated rings. The van der Waals surface area contributed by atoms with Gasteiger partial charge in [-0.3, -0.25) is 9.78 Å². The Kier molecular flexibility index (Phi) is 5.47. The maximum absolute atomic E-state index is 12.5. The van der Waals surface area contributed by atoms with Crippen LogP contribution in [0, 0.1) is 0 Å². The number of carbonyl (C=O) groups is 1. The van der Waals surface area contributed by atoms with Gasteiger partial charge in [0, 0.05) is 36.4 Å². The normalized spacial score (nSPS) is 18.0. The van der Waals surface area contributed by atoms with Gasteiger partial charge in [0.15, 0.2) is 5.78 Å². The Hall–Kier alpha value is -2.77. The van der Waals surface area contributed by atoms with E-state index >= 15 is 0 Å². The van der Waals surface area contributed by atoms with E-state index < -0.39 is 10.0 Å². The van der Waals surface area contributed by atoms with E-state index in [2.05, 4.69) is 11.1 Å². The zero-order valence-electron chi connectivity index (χ0n) is 18.0. The van der Waals surface area contributed by atoms with Crippen LogP contribution in [0.2, 0.25) is 0 Å². The molecule has 1 aromatic heterocycles. The van der Waals surface area contributed by atoms with E-state index in [1.807, 2.05) is 36.4 Å². The molecule has 0 spiro atoms. The average molecular weight is 451 g/mol. The van der Waals surface area contributed by atoms with Crippen LogP contribution in [0.25, 0.3) is 21.9 Å². The number of pyridine rings is 1. The molecule has 1 aliphatic carbocycles. The van der Waals surface area contributed by atoms with Crippen LogP contribution >= 0.6 is 0 Å². The van der Waals surface area contributed by atoms with E-state index in [1.165, 1.54) is 0 Å². The third-order valence-corrected chi connectivity index (χ3v) is 8.74. The van der Waals surface area contributed by atoms with Crippen molar-refractivity contribution in [3.05, 3.63) is 60.4 Å². The van der Waals surface area contributed by atoms with Crippen LogP contribution in [0.1, 0.15) is 43.0 Å². The van der Waals surface area contributed by atoms with Gasteiger partial charge in [0.05, 0.1) is 5.25 Å². The van der Waals surface area contributed by atoms with Crippen molar-refractivity contribution in [1.82, 2.24) is 9.29 Å². The summed E-state index contributed by atoms with van der Waals surface area (Å²) in [6.07, 6.45) is 6.45. The summed E-state index contributed by atoms with van der Waals surface area (Å²) >= 11 is 0. The second-order valence-corrected chi connectivity index (χ2v) is 10.9. The summed E-state index contributed by atoms with van der Waals surface area (Å²) in [4.78, 5) is 15.9. The maximum atomic E-state index is 12.5. The summed E-state index contributed by atoms with van der Waals surface area (Å²) in [5.41, 5.74) is 2.69. The molecule has 1 saturated heterocycles. The number of fused-ring (bicyclic) bond motifs is 1. The number of aromatic nitrogens is 1. The van der Waals surface area contributed by atoms with Crippen LogP contribution in [-0.2, 0) is 10.0 Å². The highest BCUT2D eigenvalue weighted by Crippen LogP contribution is 2.35. The lowest BCUT2D eigenvalue weighted by Crippen LogP contribution is -2.43. The smallest absolute Gasteiger partial charge is 0.216 e. The first-order valence-corrected chi connectivity index (χ1v) is 12.6. The molecule has 5 rings (SSSR count). The van der Waals surface area contributed by atoms with E-state index in [4.69, 9.17) is 4.74 Å². The highest BCUT2D eigenvalue weighted by atomic mass is 32.2. The standard InChI is InChI=1S/C25H26N2O4S/c1-17(28)18-2-4-19(5-3-18)21-14-20-8-11-26-16-24(20)25(15-21)31-22-9-12-27(13-10-22)32(29,30)23-6-7-23/h2-5,8,11,14-16,22-23H,6-7,9-10,12-13H2,1H3. The molecule has 3 aromatic rings. The summed E-state index contributed by atoms with van der Waals surface area (Å²) in [6, 6.07) is 13.6. The van der Waals surface area contributed by atoms with E-state index in [9.17, 15) is 13.2 Å². The van der Waals surface area contributed by atoms with E-state index in [0.29, 0.717) is 31.5 Å². The van der Waals surface area contributed by atoms with Gasteiger partial charge in [-0.15, -0.1) is 0 Å². The van der Waals surface area contributed by atoms with Gasteiger partial charge in [-0.1, -0.05) is 24.3 Å². The van der Waals surface area contributed by atoms with Crippen LogP contribution in [0.15, 0.2) is 54.9 Å². The predicted molar refractivity (Wildman–Crippen MR) is 124 cm³/mol. The Balaban J connectivity index is 1.39. The third-order valence-electron chi connectivity index (χ3n) is 6.34. The molecule has 0 unspecified atom stereocenters. The number of nitrogens with zero attached hydrogens (tertiary/aromatic N) is 2. The van der Waals surface area contributed by atoms with Gasteiger partial charge >= 0.3 is 0 Å². The summed E-state index contributed by atoms with van der Waals surface area (Å²) in [6.45, 7) is 2.57. The van der Waals surface area contributed by atoms with Crippen molar-refractivity contribution < 1.29 is 17.9 Å². The van der Waals surface area contributed by atoms with Gasteiger partial charge in [0.25, 0.3) is 0 Å². The van der Waals surface area contributed by atoms with Crippen molar-refractivity contribution in [1.29, 1.82) is 0 Å². The van der Waals surface area contributed by atoms with Crippen LogP contribution in [-0.4, -0.2) is 47.9 Å². The Bertz CT molecular complexity index is 1260. The quantitative estimate of drug-likeness (QED) is 0.519. The fourth-order valence-electron chi connectivity index (χ4n) is 4.29. The SMILES string of the molecule is CC(=O)c1ccc(-c2cc(OC3CCN(S(=O)(=O)C4CC4)CC3)c3cnccc3c2)cc1. The second-order valence-electron chi connectivity index (χ2n) is 8.67. The number of Topliss-reactive ketones (excluding diaryl/α,β-unsaturated/α-hetero) is 1.